The number of hydrogen-bond donors (Lipinski definition) is 3. The Morgan fingerprint density at radius 3 is 3.04 bits per heavy atom. The van der Waals surface area contributed by atoms with Crippen molar-refractivity contribution in [1.82, 2.24) is 15.6 Å². The van der Waals surface area contributed by atoms with Gasteiger partial charge in [0.25, 0.3) is 5.91 Å². The van der Waals surface area contributed by atoms with Crippen LogP contribution < -0.4 is 16.0 Å². The summed E-state index contributed by atoms with van der Waals surface area (Å²) in [5.74, 6) is -0.546. The molecule has 2 aromatic rings. The van der Waals surface area contributed by atoms with E-state index in [1.807, 2.05) is 6.07 Å². The van der Waals surface area contributed by atoms with Crippen molar-refractivity contribution in [3.8, 4) is 0 Å². The van der Waals surface area contributed by atoms with Crippen molar-refractivity contribution in [2.75, 3.05) is 11.9 Å². The third-order valence-electron chi connectivity index (χ3n) is 3.49. The summed E-state index contributed by atoms with van der Waals surface area (Å²) < 4.78 is 13.6. The Morgan fingerprint density at radius 1 is 1.52 bits per heavy atom. The van der Waals surface area contributed by atoms with Gasteiger partial charge in [0.1, 0.15) is 11.9 Å². The van der Waals surface area contributed by atoms with Crippen LogP contribution in [0.4, 0.5) is 14.3 Å². The first-order chi connectivity index (χ1) is 11.0. The molecule has 1 fully saturated rings. The predicted molar refractivity (Wildman–Crippen MR) is 85.0 cm³/mol. The van der Waals surface area contributed by atoms with Crippen molar-refractivity contribution in [1.29, 1.82) is 0 Å². The van der Waals surface area contributed by atoms with Crippen molar-refractivity contribution in [2.45, 2.75) is 19.4 Å². The Balaban J connectivity index is 1.62. The average Bonchev–Trinajstić information content (AvgIpc) is 3.12. The van der Waals surface area contributed by atoms with Gasteiger partial charge in [-0.05, 0) is 24.1 Å². The molecule has 0 aliphatic carbocycles. The summed E-state index contributed by atoms with van der Waals surface area (Å²) in [4.78, 5) is 28.0. The van der Waals surface area contributed by atoms with E-state index in [0.29, 0.717) is 17.1 Å². The van der Waals surface area contributed by atoms with Crippen LogP contribution in [-0.4, -0.2) is 29.5 Å². The summed E-state index contributed by atoms with van der Waals surface area (Å²) in [7, 11) is 0. The first-order valence-corrected chi connectivity index (χ1v) is 7.88. The summed E-state index contributed by atoms with van der Waals surface area (Å²) in [6, 6.07) is 4.17. The van der Waals surface area contributed by atoms with Crippen LogP contribution in [0.3, 0.4) is 0 Å². The Morgan fingerprint density at radius 2 is 2.35 bits per heavy atom. The minimum absolute atomic E-state index is 0.231. The molecule has 0 bridgehead atoms. The first kappa shape index (κ1) is 15.4. The molecule has 1 aliphatic heterocycles. The van der Waals surface area contributed by atoms with Gasteiger partial charge in [0.2, 0.25) is 0 Å². The third-order valence-corrected chi connectivity index (χ3v) is 4.40. The minimum Gasteiger partial charge on any atom is -0.336 e. The molecule has 3 amide bonds. The van der Waals surface area contributed by atoms with Crippen molar-refractivity contribution >= 4 is 28.4 Å². The first-order valence-electron chi connectivity index (χ1n) is 7.06. The lowest BCUT2D eigenvalue weighted by Crippen LogP contribution is -2.38. The number of urea groups is 1. The summed E-state index contributed by atoms with van der Waals surface area (Å²) in [5, 5.41) is 8.15. The van der Waals surface area contributed by atoms with Crippen LogP contribution in [0.2, 0.25) is 0 Å². The number of rotatable bonds is 4. The molecule has 1 aromatic heterocycles. The fourth-order valence-electron chi connectivity index (χ4n) is 2.20. The molecule has 0 radical (unpaired) electrons. The lowest BCUT2D eigenvalue weighted by atomic mass is 10.1. The van der Waals surface area contributed by atoms with Gasteiger partial charge >= 0.3 is 6.03 Å². The molecule has 2 heterocycles. The summed E-state index contributed by atoms with van der Waals surface area (Å²) in [6.45, 7) is 1.97. The number of thiazole rings is 1. The van der Waals surface area contributed by atoms with Gasteiger partial charge in [-0.15, -0.1) is 11.3 Å². The van der Waals surface area contributed by atoms with Crippen molar-refractivity contribution < 1.29 is 14.0 Å². The van der Waals surface area contributed by atoms with Gasteiger partial charge < -0.3 is 16.0 Å². The number of benzene rings is 1. The lowest BCUT2D eigenvalue weighted by Gasteiger charge is -2.06. The Bertz CT molecular complexity index is 762. The molecule has 23 heavy (non-hydrogen) atoms. The molecule has 1 atom stereocenters. The van der Waals surface area contributed by atoms with E-state index in [1.54, 1.807) is 19.2 Å². The van der Waals surface area contributed by atoms with Gasteiger partial charge in [-0.2, -0.15) is 0 Å². The number of aryl methyl sites for hydroxylation is 1. The fourth-order valence-corrected chi connectivity index (χ4v) is 3.05. The highest BCUT2D eigenvalue weighted by atomic mass is 32.1. The number of nitrogens with zero attached hydrogens (tertiary/aromatic N) is 1. The maximum atomic E-state index is 13.6. The van der Waals surface area contributed by atoms with E-state index in [0.717, 1.165) is 10.4 Å². The molecular weight excluding hydrogens is 319 g/mol. The second kappa shape index (κ2) is 6.33. The van der Waals surface area contributed by atoms with Crippen LogP contribution in [0.15, 0.2) is 24.4 Å². The van der Waals surface area contributed by atoms with Crippen LogP contribution in [0.5, 0.6) is 0 Å². The predicted octanol–water partition coefficient (Wildman–Crippen LogP) is 1.80. The molecule has 120 valence electrons. The largest absolute Gasteiger partial charge is 0.336 e. The molecule has 3 rings (SSSR count). The van der Waals surface area contributed by atoms with Crippen molar-refractivity contribution in [3.63, 3.8) is 0 Å². The van der Waals surface area contributed by atoms with E-state index < -0.39 is 6.04 Å². The maximum absolute atomic E-state index is 13.6. The van der Waals surface area contributed by atoms with Crippen molar-refractivity contribution in [2.24, 2.45) is 0 Å². The quantitative estimate of drug-likeness (QED) is 0.797. The number of halogens is 1. The standard InChI is InChI=1S/C15H15FN4O2S/c1-8-2-3-9(5-11(8)16)4-10-6-18-15(23-10)20-13(21)12-7-17-14(22)19-12/h2-3,5-6,12H,4,7H2,1H3,(H2,17,19,22)(H,18,20,21)/t12-/m0/s1. The molecule has 8 heteroatoms. The van der Waals surface area contributed by atoms with Gasteiger partial charge in [-0.3, -0.25) is 4.79 Å². The monoisotopic (exact) mass is 334 g/mol. The zero-order valence-corrected chi connectivity index (χ0v) is 13.2. The number of aromatic nitrogens is 1. The van der Waals surface area contributed by atoms with E-state index in [1.165, 1.54) is 17.4 Å². The van der Waals surface area contributed by atoms with Crippen LogP contribution in [0.1, 0.15) is 16.0 Å². The number of amides is 3. The zero-order valence-electron chi connectivity index (χ0n) is 12.4. The topological polar surface area (TPSA) is 83.1 Å². The highest BCUT2D eigenvalue weighted by Crippen LogP contribution is 2.22. The Labute approximate surface area is 136 Å². The Hall–Kier alpha value is -2.48. The molecular formula is C15H15FN4O2S. The van der Waals surface area contributed by atoms with Crippen LogP contribution in [-0.2, 0) is 11.2 Å². The highest BCUT2D eigenvalue weighted by molar-refractivity contribution is 7.15. The molecule has 1 aliphatic rings. The molecule has 0 saturated carbocycles. The number of nitrogens with one attached hydrogen (secondary N) is 3. The molecule has 1 aromatic carbocycles. The van der Waals surface area contributed by atoms with Gasteiger partial charge in [-0.1, -0.05) is 12.1 Å². The number of hydrogen-bond acceptors (Lipinski definition) is 4. The number of carbonyl (C=O) groups is 2. The minimum atomic E-state index is -0.596. The molecule has 0 unspecified atom stereocenters. The summed E-state index contributed by atoms with van der Waals surface area (Å²) in [6.07, 6.45) is 2.20. The van der Waals surface area contributed by atoms with Gasteiger partial charge in [0, 0.05) is 24.0 Å². The smallest absolute Gasteiger partial charge is 0.315 e. The van der Waals surface area contributed by atoms with Crippen molar-refractivity contribution in [3.05, 3.63) is 46.2 Å². The molecule has 1 saturated heterocycles. The molecule has 3 N–H and O–H groups in total. The fraction of sp³-hybridized carbons (Fsp3) is 0.267. The third kappa shape index (κ3) is 3.65. The number of anilines is 1. The molecule has 0 spiro atoms. The second-order valence-electron chi connectivity index (χ2n) is 5.29. The summed E-state index contributed by atoms with van der Waals surface area (Å²) in [5.41, 5.74) is 1.46. The summed E-state index contributed by atoms with van der Waals surface area (Å²) >= 11 is 1.33. The van der Waals surface area contributed by atoms with E-state index in [-0.39, 0.29) is 24.3 Å². The second-order valence-corrected chi connectivity index (χ2v) is 6.40. The van der Waals surface area contributed by atoms with Crippen LogP contribution >= 0.6 is 11.3 Å². The van der Waals surface area contributed by atoms with Gasteiger partial charge in [0.05, 0.1) is 0 Å². The lowest BCUT2D eigenvalue weighted by molar-refractivity contribution is -0.117. The average molecular weight is 334 g/mol. The van der Waals surface area contributed by atoms with Gasteiger partial charge in [0.15, 0.2) is 5.13 Å². The Kier molecular flexibility index (Phi) is 4.24. The van der Waals surface area contributed by atoms with E-state index >= 15 is 0 Å². The van der Waals surface area contributed by atoms with E-state index in [4.69, 9.17) is 0 Å². The van der Waals surface area contributed by atoms with Gasteiger partial charge in [-0.25, -0.2) is 14.2 Å². The zero-order chi connectivity index (χ0) is 16.4. The maximum Gasteiger partial charge on any atom is 0.315 e. The highest BCUT2D eigenvalue weighted by Gasteiger charge is 2.27. The number of carbonyl (C=O) groups excluding carboxylic acids is 2. The van der Waals surface area contributed by atoms with E-state index in [2.05, 4.69) is 20.9 Å². The van der Waals surface area contributed by atoms with Crippen LogP contribution in [0, 0.1) is 12.7 Å². The molecule has 6 nitrogen and oxygen atoms in total. The van der Waals surface area contributed by atoms with E-state index in [9.17, 15) is 14.0 Å². The normalized spacial score (nSPS) is 16.8. The van der Waals surface area contributed by atoms with Crippen LogP contribution in [0.25, 0.3) is 0 Å². The SMILES string of the molecule is Cc1ccc(Cc2cnc(NC(=O)[C@@H]3CNC(=O)N3)s2)cc1F.